The van der Waals surface area contributed by atoms with Crippen molar-refractivity contribution in [2.75, 3.05) is 0 Å². The second-order valence-electron chi connectivity index (χ2n) is 12.8. The van der Waals surface area contributed by atoms with Gasteiger partial charge in [0.25, 0.3) is 0 Å². The van der Waals surface area contributed by atoms with E-state index in [-0.39, 0.29) is 48.9 Å². The third kappa shape index (κ3) is 12.7. The summed E-state index contributed by atoms with van der Waals surface area (Å²) in [4.78, 5) is 0. The largest absolute Gasteiger partial charge is 2.00 e. The second-order valence-corrected chi connectivity index (χ2v) is 22.1. The van der Waals surface area contributed by atoms with Gasteiger partial charge < -0.3 is 0 Å². The van der Waals surface area contributed by atoms with E-state index in [9.17, 15) is 0 Å². The van der Waals surface area contributed by atoms with Crippen LogP contribution in [-0.2, 0) is 33.0 Å². The minimum atomic E-state index is -0.120. The summed E-state index contributed by atoms with van der Waals surface area (Å²) in [5.74, 6) is 1.75. The standard InChI is InChI=1S/C27H47P2.C5H5.2ClH.Fe.Pd/c1-21(29(26(2,3)4)27(5,6)7)24-19-14-20-25(24)28(22-15-10-8-11-16-22)23-17-12-9-13-18-23;1-2-4-5-3-1;;;;/h14,19-23H,8-13,15-18H2,1-7H3;1-5H;2*1H;;/q;;;;2*+2/p-2/t21-;;;;;/m1...../s1. The van der Waals surface area contributed by atoms with Crippen molar-refractivity contribution in [2.45, 2.75) is 140 Å². The maximum Gasteiger partial charge on any atom is 2.00 e. The van der Waals surface area contributed by atoms with Crippen LogP contribution in [0.2, 0.25) is 0 Å². The molecule has 0 amide bonds. The van der Waals surface area contributed by atoms with Gasteiger partial charge in [-0.2, -0.15) is 0 Å². The first-order valence-electron chi connectivity index (χ1n) is 14.3. The summed E-state index contributed by atoms with van der Waals surface area (Å²) in [7, 11) is 9.51. The summed E-state index contributed by atoms with van der Waals surface area (Å²) >= 11 is -0.106. The Hall–Kier alpha value is 2.62. The molecule has 0 spiro atoms. The van der Waals surface area contributed by atoms with Crippen LogP contribution < -0.4 is 0 Å². The molecule has 10 radical (unpaired) electrons. The van der Waals surface area contributed by atoms with Gasteiger partial charge in [0.1, 0.15) is 0 Å². The van der Waals surface area contributed by atoms with Crippen LogP contribution in [0, 0.1) is 62.9 Å². The minimum Gasteiger partial charge on any atom is 2.00 e. The fraction of sp³-hybridized carbons (Fsp3) is 0.688. The Morgan fingerprint density at radius 3 is 1.39 bits per heavy atom. The molecule has 0 N–H and O–H groups in total. The second kappa shape index (κ2) is 19.8. The first-order chi connectivity index (χ1) is 17.5. The third-order valence-electron chi connectivity index (χ3n) is 7.88. The smallest absolute Gasteiger partial charge is 2.00 e. The maximum absolute atomic E-state index is 4.81. The van der Waals surface area contributed by atoms with E-state index >= 15 is 0 Å². The zero-order valence-electron chi connectivity index (χ0n) is 24.7. The molecule has 4 fully saturated rings. The van der Waals surface area contributed by atoms with Gasteiger partial charge in [-0.15, -0.1) is 0 Å². The van der Waals surface area contributed by atoms with Gasteiger partial charge in [-0.3, -0.25) is 0 Å². The summed E-state index contributed by atoms with van der Waals surface area (Å²) in [6.45, 7) is 17.5. The number of hydrogen-bond acceptors (Lipinski definition) is 0. The van der Waals surface area contributed by atoms with Crippen LogP contribution >= 0.6 is 34.9 Å². The molecule has 4 saturated carbocycles. The van der Waals surface area contributed by atoms with Crippen LogP contribution in [0.1, 0.15) is 113 Å². The van der Waals surface area contributed by atoms with Crippen molar-refractivity contribution in [1.29, 1.82) is 0 Å². The van der Waals surface area contributed by atoms with Crippen molar-refractivity contribution in [3.8, 4) is 0 Å². The minimum absolute atomic E-state index is 0. The van der Waals surface area contributed by atoms with E-state index in [0.29, 0.717) is 16.0 Å². The zero-order valence-corrected chi connectivity index (χ0v) is 30.7. The quantitative estimate of drug-likeness (QED) is 0.195. The topological polar surface area (TPSA) is 0 Å². The molecule has 0 saturated heterocycles. The Morgan fingerprint density at radius 1 is 0.684 bits per heavy atom. The maximum atomic E-state index is 4.81. The monoisotopic (exact) mass is 730 g/mol. The molecule has 1 atom stereocenters. The SMILES string of the molecule is C[C@H]([C]1[CH][CH][CH][C]1P(C1CCCCC1)C1CCCCC1)P(C(C)(C)C)C(C)(C)C.[CH]1[CH][CH][CH][CH]1.[Cl][Pd][Cl].[Fe+2]. The summed E-state index contributed by atoms with van der Waals surface area (Å²) in [6, 6.07) is 0. The zero-order chi connectivity index (χ0) is 27.5. The normalized spacial score (nSPS) is 23.6. The van der Waals surface area contributed by atoms with E-state index in [0.717, 1.165) is 11.3 Å². The Kier molecular flexibility index (Phi) is 20.1. The molecule has 4 aliphatic rings. The van der Waals surface area contributed by atoms with Crippen molar-refractivity contribution in [1.82, 2.24) is 0 Å². The van der Waals surface area contributed by atoms with Crippen LogP contribution in [0.25, 0.3) is 0 Å². The molecule has 38 heavy (non-hydrogen) atoms. The van der Waals surface area contributed by atoms with Gasteiger partial charge in [0, 0.05) is 5.66 Å². The molecule has 0 aliphatic heterocycles. The molecule has 4 aliphatic carbocycles. The van der Waals surface area contributed by atoms with Gasteiger partial charge in [0.05, 0.1) is 0 Å². The summed E-state index contributed by atoms with van der Waals surface area (Å²) in [5, 5.41) is 0.778. The third-order valence-corrected chi connectivity index (χ3v) is 15.4. The van der Waals surface area contributed by atoms with Gasteiger partial charge in [-0.25, -0.2) is 0 Å². The summed E-state index contributed by atoms with van der Waals surface area (Å²) in [5.41, 5.74) is 4.55. The van der Waals surface area contributed by atoms with Crippen molar-refractivity contribution < 1.29 is 33.0 Å². The van der Waals surface area contributed by atoms with Crippen LogP contribution in [0.3, 0.4) is 0 Å². The molecule has 0 nitrogen and oxygen atoms in total. The van der Waals surface area contributed by atoms with Gasteiger partial charge in [0.2, 0.25) is 0 Å². The molecule has 0 unspecified atom stereocenters. The van der Waals surface area contributed by atoms with E-state index in [1.165, 1.54) is 64.2 Å². The van der Waals surface area contributed by atoms with E-state index in [2.05, 4.69) is 67.7 Å². The predicted octanol–water partition coefficient (Wildman–Crippen LogP) is 11.7. The van der Waals surface area contributed by atoms with Crippen molar-refractivity contribution in [3.05, 3.63) is 62.9 Å². The fourth-order valence-corrected chi connectivity index (χ4v) is 16.0. The van der Waals surface area contributed by atoms with Crippen molar-refractivity contribution in [2.24, 2.45) is 0 Å². The Bertz CT molecular complexity index is 554. The number of rotatable bonds is 5. The average molecular weight is 732 g/mol. The molecule has 4 rings (SSSR count). The Balaban J connectivity index is 0.000000694. The predicted molar refractivity (Wildman–Crippen MR) is 169 cm³/mol. The Morgan fingerprint density at radius 2 is 1.05 bits per heavy atom. The van der Waals surface area contributed by atoms with Gasteiger partial charge in [-0.1, -0.05) is 103 Å². The van der Waals surface area contributed by atoms with Gasteiger partial charge in [0.15, 0.2) is 0 Å². The van der Waals surface area contributed by atoms with E-state index < -0.39 is 0 Å². The van der Waals surface area contributed by atoms with Crippen LogP contribution in [-0.4, -0.2) is 27.3 Å². The fourth-order valence-electron chi connectivity index (χ4n) is 7.05. The molecule has 0 heterocycles. The molecule has 0 bridgehead atoms. The van der Waals surface area contributed by atoms with Crippen LogP contribution in [0.5, 0.6) is 0 Å². The van der Waals surface area contributed by atoms with E-state index in [1.54, 1.807) is 5.92 Å². The van der Waals surface area contributed by atoms with Crippen LogP contribution in [0.15, 0.2) is 0 Å². The van der Waals surface area contributed by atoms with E-state index in [4.69, 9.17) is 19.1 Å². The molecule has 0 aromatic heterocycles. The average Bonchev–Trinajstić information content (AvgIpc) is 3.55. The summed E-state index contributed by atoms with van der Waals surface area (Å²) in [6.07, 6.45) is 32.5. The molecule has 220 valence electrons. The number of hydrogen-bond donors (Lipinski definition) is 0. The van der Waals surface area contributed by atoms with Gasteiger partial charge in [-0.05, 0) is 110 Å². The molecule has 0 aromatic carbocycles. The molecule has 0 aromatic rings. The molecule has 6 heteroatoms. The van der Waals surface area contributed by atoms with E-state index in [1.807, 2.05) is 37.8 Å². The molecular weight excluding hydrogens is 679 g/mol. The van der Waals surface area contributed by atoms with Crippen LogP contribution in [0.4, 0.5) is 0 Å². The van der Waals surface area contributed by atoms with Gasteiger partial charge >= 0.3 is 52.1 Å². The first-order valence-corrected chi connectivity index (χ1v) is 21.2. The Labute approximate surface area is 268 Å². The number of halogens is 2. The first kappa shape index (κ1) is 38.6. The summed E-state index contributed by atoms with van der Waals surface area (Å²) < 4.78 is 0. The van der Waals surface area contributed by atoms with Crippen molar-refractivity contribution >= 4 is 34.9 Å². The van der Waals surface area contributed by atoms with Crippen molar-refractivity contribution in [3.63, 3.8) is 0 Å². The molecular formula is C32H52Cl2FeP2Pd+2.